The molecule has 0 saturated heterocycles. The summed E-state index contributed by atoms with van der Waals surface area (Å²) in [5.74, 6) is 0.268. The van der Waals surface area contributed by atoms with Crippen LogP contribution in [0, 0.1) is 11.3 Å². The van der Waals surface area contributed by atoms with Crippen molar-refractivity contribution in [3.8, 4) is 23.2 Å². The predicted octanol–water partition coefficient (Wildman–Crippen LogP) is 4.43. The molecule has 6 heteroatoms. The van der Waals surface area contributed by atoms with Gasteiger partial charge in [-0.25, -0.2) is 4.98 Å². The molecule has 0 unspecified atom stereocenters. The Kier molecular flexibility index (Phi) is 4.36. The number of rotatable bonds is 3. The zero-order valence-corrected chi connectivity index (χ0v) is 12.0. The normalized spacial score (nSPS) is 11.3. The molecule has 0 spiro atoms. The van der Waals surface area contributed by atoms with Crippen molar-refractivity contribution in [3.05, 3.63) is 47.5 Å². The van der Waals surface area contributed by atoms with Crippen LogP contribution in [-0.2, 0) is 6.18 Å². The summed E-state index contributed by atoms with van der Waals surface area (Å²) in [6.07, 6.45) is -4.51. The molecule has 114 valence electrons. The van der Waals surface area contributed by atoms with Gasteiger partial charge in [-0.1, -0.05) is 12.1 Å². The average Bonchev–Trinajstić information content (AvgIpc) is 2.45. The highest BCUT2D eigenvalue weighted by molar-refractivity contribution is 5.62. The van der Waals surface area contributed by atoms with E-state index >= 15 is 0 Å². The van der Waals surface area contributed by atoms with Crippen LogP contribution in [0.15, 0.2) is 36.4 Å². The van der Waals surface area contributed by atoms with Crippen molar-refractivity contribution in [3.63, 3.8) is 0 Å². The van der Waals surface area contributed by atoms with Gasteiger partial charge in [-0.15, -0.1) is 0 Å². The Morgan fingerprint density at radius 2 is 1.77 bits per heavy atom. The third-order valence-electron chi connectivity index (χ3n) is 2.80. The molecular formula is C16H13F3N2O. The highest BCUT2D eigenvalue weighted by Crippen LogP contribution is 2.31. The number of ether oxygens (including phenoxy) is 1. The molecule has 0 amide bonds. The first kappa shape index (κ1) is 15.8. The number of aromatic nitrogens is 1. The van der Waals surface area contributed by atoms with Crippen molar-refractivity contribution in [2.75, 3.05) is 0 Å². The maximum absolute atomic E-state index is 12.6. The van der Waals surface area contributed by atoms with Crippen LogP contribution in [0.2, 0.25) is 0 Å². The van der Waals surface area contributed by atoms with E-state index in [0.717, 1.165) is 12.1 Å². The van der Waals surface area contributed by atoms with Gasteiger partial charge in [-0.05, 0) is 32.0 Å². The summed E-state index contributed by atoms with van der Waals surface area (Å²) in [7, 11) is 0. The van der Waals surface area contributed by atoms with Gasteiger partial charge in [0.1, 0.15) is 0 Å². The van der Waals surface area contributed by atoms with Crippen molar-refractivity contribution in [2.24, 2.45) is 0 Å². The largest absolute Gasteiger partial charge is 0.475 e. The van der Waals surface area contributed by atoms with Gasteiger partial charge in [-0.3, -0.25) is 0 Å². The first-order chi connectivity index (χ1) is 10.3. The summed E-state index contributed by atoms with van der Waals surface area (Å²) in [5, 5.41) is 9.04. The maximum Gasteiger partial charge on any atom is 0.416 e. The Balaban J connectivity index is 2.41. The second-order valence-corrected chi connectivity index (χ2v) is 4.93. The molecule has 1 aromatic carbocycles. The molecule has 0 N–H and O–H groups in total. The Morgan fingerprint density at radius 1 is 1.14 bits per heavy atom. The summed E-state index contributed by atoms with van der Waals surface area (Å²) >= 11 is 0. The van der Waals surface area contributed by atoms with Crippen LogP contribution >= 0.6 is 0 Å². The van der Waals surface area contributed by atoms with Crippen LogP contribution in [0.1, 0.15) is 25.0 Å². The number of halogens is 3. The fourth-order valence-corrected chi connectivity index (χ4v) is 1.85. The number of pyridine rings is 1. The first-order valence-electron chi connectivity index (χ1n) is 6.56. The summed E-state index contributed by atoms with van der Waals surface area (Å²) in [6.45, 7) is 3.64. The van der Waals surface area contributed by atoms with E-state index < -0.39 is 11.7 Å². The Bertz CT molecular complexity index is 701. The summed E-state index contributed by atoms with van der Waals surface area (Å²) in [5.41, 5.74) is 0.481. The fourth-order valence-electron chi connectivity index (χ4n) is 1.85. The third-order valence-corrected chi connectivity index (χ3v) is 2.80. The molecule has 0 aliphatic carbocycles. The SMILES string of the molecule is CC(C)Oc1cc(C#N)cc(-c2ccc(C(F)(F)F)cc2)n1. The quantitative estimate of drug-likeness (QED) is 0.843. The second kappa shape index (κ2) is 6.06. The van der Waals surface area contributed by atoms with Gasteiger partial charge in [0.15, 0.2) is 0 Å². The van der Waals surface area contributed by atoms with Crippen LogP contribution in [0.5, 0.6) is 5.88 Å². The van der Waals surface area contributed by atoms with Crippen LogP contribution in [0.25, 0.3) is 11.3 Å². The molecule has 2 rings (SSSR count). The van der Waals surface area contributed by atoms with E-state index in [9.17, 15) is 13.2 Å². The van der Waals surface area contributed by atoms with E-state index in [4.69, 9.17) is 10.00 Å². The standard InChI is InChI=1S/C16H13F3N2O/c1-10(2)22-15-8-11(9-20)7-14(21-15)12-3-5-13(6-4-12)16(17,18)19/h3-8,10H,1-2H3. The molecule has 22 heavy (non-hydrogen) atoms. The lowest BCUT2D eigenvalue weighted by molar-refractivity contribution is -0.137. The number of hydrogen-bond donors (Lipinski definition) is 0. The molecule has 0 aliphatic rings. The Labute approximate surface area is 126 Å². The molecule has 2 aromatic rings. The highest BCUT2D eigenvalue weighted by Gasteiger charge is 2.30. The number of hydrogen-bond acceptors (Lipinski definition) is 3. The van der Waals surface area contributed by atoms with Gasteiger partial charge in [0, 0.05) is 11.6 Å². The van der Waals surface area contributed by atoms with Crippen molar-refractivity contribution in [1.82, 2.24) is 4.98 Å². The average molecular weight is 306 g/mol. The maximum atomic E-state index is 12.6. The molecule has 0 saturated carbocycles. The van der Waals surface area contributed by atoms with Crippen molar-refractivity contribution >= 4 is 0 Å². The van der Waals surface area contributed by atoms with Gasteiger partial charge < -0.3 is 4.74 Å². The van der Waals surface area contributed by atoms with E-state index in [1.165, 1.54) is 24.3 Å². The minimum Gasteiger partial charge on any atom is -0.475 e. The molecule has 0 fully saturated rings. The first-order valence-corrected chi connectivity index (χ1v) is 6.56. The fraction of sp³-hybridized carbons (Fsp3) is 0.250. The highest BCUT2D eigenvalue weighted by atomic mass is 19.4. The zero-order chi connectivity index (χ0) is 16.3. The van der Waals surface area contributed by atoms with Gasteiger partial charge in [0.25, 0.3) is 0 Å². The molecule has 0 aliphatic heterocycles. The van der Waals surface area contributed by atoms with E-state index in [-0.39, 0.29) is 12.0 Å². The topological polar surface area (TPSA) is 45.9 Å². The van der Waals surface area contributed by atoms with Gasteiger partial charge in [0.2, 0.25) is 5.88 Å². The summed E-state index contributed by atoms with van der Waals surface area (Å²) in [6, 6.07) is 9.61. The molecule has 0 bridgehead atoms. The van der Waals surface area contributed by atoms with E-state index in [1.807, 2.05) is 19.9 Å². The van der Waals surface area contributed by atoms with Crippen molar-refractivity contribution < 1.29 is 17.9 Å². The molecule has 1 heterocycles. The van der Waals surface area contributed by atoms with Crippen molar-refractivity contribution in [1.29, 1.82) is 5.26 Å². The number of nitrogens with zero attached hydrogens (tertiary/aromatic N) is 2. The lowest BCUT2D eigenvalue weighted by atomic mass is 10.1. The number of nitriles is 1. The lowest BCUT2D eigenvalue weighted by Gasteiger charge is -2.11. The molecule has 1 aromatic heterocycles. The predicted molar refractivity (Wildman–Crippen MR) is 75.2 cm³/mol. The molecular weight excluding hydrogens is 293 g/mol. The van der Waals surface area contributed by atoms with Crippen LogP contribution in [0.3, 0.4) is 0 Å². The van der Waals surface area contributed by atoms with Crippen LogP contribution in [0.4, 0.5) is 13.2 Å². The minimum atomic E-state index is -4.38. The van der Waals surface area contributed by atoms with Crippen LogP contribution < -0.4 is 4.74 Å². The summed E-state index contributed by atoms with van der Waals surface area (Å²) < 4.78 is 43.2. The van der Waals surface area contributed by atoms with Crippen molar-refractivity contribution in [2.45, 2.75) is 26.1 Å². The second-order valence-electron chi connectivity index (χ2n) is 4.93. The smallest absolute Gasteiger partial charge is 0.416 e. The lowest BCUT2D eigenvalue weighted by Crippen LogP contribution is -2.07. The summed E-state index contributed by atoms with van der Waals surface area (Å²) in [4.78, 5) is 4.23. The minimum absolute atomic E-state index is 0.123. The van der Waals surface area contributed by atoms with Gasteiger partial charge >= 0.3 is 6.18 Å². The molecule has 3 nitrogen and oxygen atoms in total. The molecule has 0 radical (unpaired) electrons. The van der Waals surface area contributed by atoms with Crippen LogP contribution in [-0.4, -0.2) is 11.1 Å². The Hall–Kier alpha value is -2.55. The zero-order valence-electron chi connectivity index (χ0n) is 12.0. The monoisotopic (exact) mass is 306 g/mol. The van der Waals surface area contributed by atoms with E-state index in [2.05, 4.69) is 4.98 Å². The van der Waals surface area contributed by atoms with E-state index in [1.54, 1.807) is 0 Å². The third kappa shape index (κ3) is 3.76. The number of alkyl halides is 3. The van der Waals surface area contributed by atoms with Gasteiger partial charge in [0.05, 0.1) is 29.0 Å². The molecule has 0 atom stereocenters. The number of benzene rings is 1. The van der Waals surface area contributed by atoms with Gasteiger partial charge in [-0.2, -0.15) is 18.4 Å². The van der Waals surface area contributed by atoms with E-state index in [0.29, 0.717) is 16.8 Å². The Morgan fingerprint density at radius 3 is 2.27 bits per heavy atom.